The van der Waals surface area contributed by atoms with Crippen LogP contribution in [0.1, 0.15) is 37.9 Å². The summed E-state index contributed by atoms with van der Waals surface area (Å²) in [4.78, 5) is 18.8. The topological polar surface area (TPSA) is 63.7 Å². The zero-order valence-corrected chi connectivity index (χ0v) is 15.7. The number of carbonyl (C=O) groups excluding carboxylic acids is 1. The molecule has 1 aromatic heterocycles. The molecule has 1 atom stereocenters. The van der Waals surface area contributed by atoms with Gasteiger partial charge >= 0.3 is 6.03 Å². The molecular weight excluding hydrogens is 330 g/mol. The van der Waals surface area contributed by atoms with Crippen LogP contribution in [0.5, 0.6) is 11.5 Å². The smallest absolute Gasteiger partial charge is 0.318 e. The molecule has 1 N–H and O–H groups in total. The third-order valence-corrected chi connectivity index (χ3v) is 4.41. The lowest BCUT2D eigenvalue weighted by atomic mass is 10.1. The third-order valence-electron chi connectivity index (χ3n) is 4.41. The number of urea groups is 1. The quantitative estimate of drug-likeness (QED) is 0.915. The maximum Gasteiger partial charge on any atom is 0.318 e. The van der Waals surface area contributed by atoms with Crippen molar-refractivity contribution >= 4 is 6.03 Å². The van der Waals surface area contributed by atoms with Crippen LogP contribution < -0.4 is 14.8 Å². The number of carbonyl (C=O) groups is 1. The number of methoxy groups -OCH3 is 1. The van der Waals surface area contributed by atoms with Crippen LogP contribution in [-0.2, 0) is 6.54 Å². The van der Waals surface area contributed by atoms with Gasteiger partial charge in [-0.05, 0) is 44.5 Å². The molecule has 6 nitrogen and oxygen atoms in total. The van der Waals surface area contributed by atoms with Crippen molar-refractivity contribution < 1.29 is 14.3 Å². The number of nitrogens with one attached hydrogen (secondary N) is 1. The molecule has 26 heavy (non-hydrogen) atoms. The van der Waals surface area contributed by atoms with E-state index in [-0.39, 0.29) is 12.1 Å². The second-order valence-electron chi connectivity index (χ2n) is 7.15. The van der Waals surface area contributed by atoms with E-state index in [1.807, 2.05) is 51.1 Å². The van der Waals surface area contributed by atoms with E-state index in [2.05, 4.69) is 10.3 Å². The molecule has 138 valence electrons. The lowest BCUT2D eigenvalue weighted by molar-refractivity contribution is 0.0800. The molecule has 0 spiro atoms. The van der Waals surface area contributed by atoms with Crippen LogP contribution in [-0.4, -0.2) is 35.2 Å². The molecule has 1 aromatic carbocycles. The number of amides is 2. The molecular formula is C20H25N3O3. The molecule has 2 heterocycles. The minimum Gasteiger partial charge on any atom is -0.497 e. The van der Waals surface area contributed by atoms with Crippen LogP contribution in [0.25, 0.3) is 0 Å². The molecule has 3 rings (SSSR count). The van der Waals surface area contributed by atoms with E-state index in [0.717, 1.165) is 22.6 Å². The summed E-state index contributed by atoms with van der Waals surface area (Å²) in [5, 5.41) is 3.05. The SMILES string of the molecule is COc1ccc2c(c1)OC(C)(C)CN(C(=O)N[C@@H](C)c1cccnc1)C2. The lowest BCUT2D eigenvalue weighted by Crippen LogP contribution is -2.47. The van der Waals surface area contributed by atoms with Gasteiger partial charge in [0.25, 0.3) is 0 Å². The fourth-order valence-corrected chi connectivity index (χ4v) is 3.07. The maximum absolute atomic E-state index is 12.9. The summed E-state index contributed by atoms with van der Waals surface area (Å²) in [6.07, 6.45) is 3.49. The number of rotatable bonds is 3. The zero-order chi connectivity index (χ0) is 18.7. The molecule has 1 aliphatic heterocycles. The van der Waals surface area contributed by atoms with Gasteiger partial charge in [0.2, 0.25) is 0 Å². The summed E-state index contributed by atoms with van der Waals surface area (Å²) in [6.45, 7) is 6.87. The number of hydrogen-bond acceptors (Lipinski definition) is 4. The molecule has 6 heteroatoms. The minimum atomic E-state index is -0.507. The van der Waals surface area contributed by atoms with Crippen LogP contribution in [0.2, 0.25) is 0 Å². The first kappa shape index (κ1) is 18.0. The second-order valence-corrected chi connectivity index (χ2v) is 7.15. The highest BCUT2D eigenvalue weighted by Gasteiger charge is 2.32. The van der Waals surface area contributed by atoms with E-state index in [9.17, 15) is 4.79 Å². The molecule has 0 radical (unpaired) electrons. The molecule has 1 aliphatic rings. The standard InChI is InChI=1S/C20H25N3O3/c1-14(15-6-5-9-21-11-15)22-19(24)23-12-16-7-8-17(25-4)10-18(16)26-20(2,3)13-23/h5-11,14H,12-13H2,1-4H3,(H,22,24)/t14-/m0/s1. The zero-order valence-electron chi connectivity index (χ0n) is 15.7. The highest BCUT2D eigenvalue weighted by Crippen LogP contribution is 2.32. The third kappa shape index (κ3) is 4.07. The number of pyridine rings is 1. The first-order valence-corrected chi connectivity index (χ1v) is 8.69. The van der Waals surface area contributed by atoms with E-state index < -0.39 is 5.60 Å². The Hall–Kier alpha value is -2.76. The molecule has 2 aromatic rings. The Balaban J connectivity index is 1.79. The van der Waals surface area contributed by atoms with Crippen LogP contribution in [0.3, 0.4) is 0 Å². The van der Waals surface area contributed by atoms with Crippen LogP contribution in [0.15, 0.2) is 42.7 Å². The van der Waals surface area contributed by atoms with Gasteiger partial charge in [0.1, 0.15) is 17.1 Å². The molecule has 0 bridgehead atoms. The first-order chi connectivity index (χ1) is 12.4. The lowest BCUT2D eigenvalue weighted by Gasteiger charge is -2.30. The number of ether oxygens (including phenoxy) is 2. The van der Waals surface area contributed by atoms with Crippen LogP contribution in [0, 0.1) is 0 Å². The molecule has 0 aliphatic carbocycles. The van der Waals surface area contributed by atoms with Crippen molar-refractivity contribution in [1.29, 1.82) is 0 Å². The van der Waals surface area contributed by atoms with Gasteiger partial charge in [-0.2, -0.15) is 0 Å². The van der Waals surface area contributed by atoms with Gasteiger partial charge in [-0.15, -0.1) is 0 Å². The first-order valence-electron chi connectivity index (χ1n) is 8.69. The Bertz CT molecular complexity index is 777. The monoisotopic (exact) mass is 355 g/mol. The van der Waals surface area contributed by atoms with E-state index >= 15 is 0 Å². The fourth-order valence-electron chi connectivity index (χ4n) is 3.07. The molecule has 2 amide bonds. The Kier molecular flexibility index (Phi) is 5.02. The van der Waals surface area contributed by atoms with Crippen molar-refractivity contribution in [2.75, 3.05) is 13.7 Å². The van der Waals surface area contributed by atoms with Gasteiger partial charge in [-0.1, -0.05) is 6.07 Å². The predicted octanol–water partition coefficient (Wildman–Crippen LogP) is 3.53. The average Bonchev–Trinajstić information content (AvgIpc) is 2.76. The van der Waals surface area contributed by atoms with E-state index in [0.29, 0.717) is 13.1 Å². The van der Waals surface area contributed by atoms with Crippen molar-refractivity contribution in [3.63, 3.8) is 0 Å². The van der Waals surface area contributed by atoms with E-state index in [1.54, 1.807) is 24.4 Å². The Morgan fingerprint density at radius 1 is 1.38 bits per heavy atom. The Morgan fingerprint density at radius 3 is 2.88 bits per heavy atom. The largest absolute Gasteiger partial charge is 0.497 e. The van der Waals surface area contributed by atoms with Gasteiger partial charge < -0.3 is 19.7 Å². The predicted molar refractivity (Wildman–Crippen MR) is 99.3 cm³/mol. The van der Waals surface area contributed by atoms with Crippen molar-refractivity contribution in [1.82, 2.24) is 15.2 Å². The van der Waals surface area contributed by atoms with Crippen molar-refractivity contribution in [3.05, 3.63) is 53.9 Å². The number of nitrogens with zero attached hydrogens (tertiary/aromatic N) is 2. The highest BCUT2D eigenvalue weighted by molar-refractivity contribution is 5.75. The molecule has 0 saturated carbocycles. The summed E-state index contributed by atoms with van der Waals surface area (Å²) in [5.74, 6) is 1.49. The van der Waals surface area contributed by atoms with Crippen molar-refractivity contribution in [3.8, 4) is 11.5 Å². The minimum absolute atomic E-state index is 0.123. The molecule has 0 fully saturated rings. The molecule has 0 saturated heterocycles. The van der Waals surface area contributed by atoms with Gasteiger partial charge in [0.05, 0.1) is 26.2 Å². The highest BCUT2D eigenvalue weighted by atomic mass is 16.5. The van der Waals surface area contributed by atoms with Gasteiger partial charge in [0.15, 0.2) is 0 Å². The van der Waals surface area contributed by atoms with Crippen molar-refractivity contribution in [2.45, 2.75) is 39.0 Å². The van der Waals surface area contributed by atoms with Gasteiger partial charge in [0, 0.05) is 24.0 Å². The number of fused-ring (bicyclic) bond motifs is 1. The fraction of sp³-hybridized carbons (Fsp3) is 0.400. The number of benzene rings is 1. The average molecular weight is 355 g/mol. The van der Waals surface area contributed by atoms with E-state index in [4.69, 9.17) is 9.47 Å². The van der Waals surface area contributed by atoms with Gasteiger partial charge in [-0.25, -0.2) is 4.79 Å². The van der Waals surface area contributed by atoms with Gasteiger partial charge in [-0.3, -0.25) is 4.98 Å². The Labute approximate surface area is 154 Å². The summed E-state index contributed by atoms with van der Waals surface area (Å²) in [7, 11) is 1.63. The van der Waals surface area contributed by atoms with Crippen LogP contribution in [0.4, 0.5) is 4.79 Å². The summed E-state index contributed by atoms with van der Waals surface area (Å²) in [6, 6.07) is 9.27. The maximum atomic E-state index is 12.9. The Morgan fingerprint density at radius 2 is 2.19 bits per heavy atom. The summed E-state index contributed by atoms with van der Waals surface area (Å²) >= 11 is 0. The summed E-state index contributed by atoms with van der Waals surface area (Å²) < 4.78 is 11.4. The second kappa shape index (κ2) is 7.23. The van der Waals surface area contributed by atoms with E-state index in [1.165, 1.54) is 0 Å². The number of aromatic nitrogens is 1. The normalized spacial score (nSPS) is 16.7. The summed E-state index contributed by atoms with van der Waals surface area (Å²) in [5.41, 5.74) is 1.42. The number of hydrogen-bond donors (Lipinski definition) is 1. The van der Waals surface area contributed by atoms with Crippen LogP contribution >= 0.6 is 0 Å². The van der Waals surface area contributed by atoms with Crippen molar-refractivity contribution in [2.24, 2.45) is 0 Å². The molecule has 0 unspecified atom stereocenters.